The summed E-state index contributed by atoms with van der Waals surface area (Å²) in [5, 5.41) is 9.79. The van der Waals surface area contributed by atoms with E-state index in [2.05, 4.69) is 11.1 Å². The largest absolute Gasteiger partial charge is 0.330 e. The Labute approximate surface area is 119 Å². The minimum absolute atomic E-state index is 0.533. The zero-order chi connectivity index (χ0) is 13.4. The molecule has 3 rings (SSSR count). The van der Waals surface area contributed by atoms with Gasteiger partial charge in [-0.05, 0) is 42.5 Å². The zero-order valence-electron chi connectivity index (χ0n) is 9.72. The number of imidazole rings is 1. The van der Waals surface area contributed by atoms with E-state index in [1.807, 2.05) is 28.8 Å². The molecule has 3 nitrogen and oxygen atoms in total. The van der Waals surface area contributed by atoms with E-state index in [-0.39, 0.29) is 0 Å². The summed E-state index contributed by atoms with van der Waals surface area (Å²) in [5.41, 5.74) is 3.07. The molecule has 0 aliphatic heterocycles. The summed E-state index contributed by atoms with van der Waals surface area (Å²) in [6.07, 6.45) is 0. The molecule has 0 fully saturated rings. The lowest BCUT2D eigenvalue weighted by atomic mass is 10.2. The van der Waals surface area contributed by atoms with Gasteiger partial charge in [0.1, 0.15) is 6.07 Å². The van der Waals surface area contributed by atoms with Gasteiger partial charge in [0.05, 0.1) is 22.3 Å². The summed E-state index contributed by atoms with van der Waals surface area (Å²) in [6, 6.07) is 15.1. The third kappa shape index (κ3) is 1.93. The summed E-state index contributed by atoms with van der Waals surface area (Å²) in [6.45, 7) is 0. The molecule has 92 valence electrons. The Morgan fingerprint density at radius 3 is 2.79 bits per heavy atom. The summed E-state index contributed by atoms with van der Waals surface area (Å²) < 4.78 is 2.37. The fourth-order valence-electron chi connectivity index (χ4n) is 2.08. The second-order valence-electron chi connectivity index (χ2n) is 4.06. The SMILES string of the molecule is N#Cc1ccc(Cl)cc1-n1c(=S)[nH]c2ccccc21. The van der Waals surface area contributed by atoms with Crippen molar-refractivity contribution < 1.29 is 0 Å². The molecule has 0 bridgehead atoms. The number of benzene rings is 2. The van der Waals surface area contributed by atoms with Crippen molar-refractivity contribution in [3.8, 4) is 11.8 Å². The summed E-state index contributed by atoms with van der Waals surface area (Å²) in [5.74, 6) is 0. The van der Waals surface area contributed by atoms with Crippen molar-refractivity contribution in [2.24, 2.45) is 0 Å². The first-order valence-corrected chi connectivity index (χ1v) is 6.39. The van der Waals surface area contributed by atoms with Gasteiger partial charge in [0.25, 0.3) is 0 Å². The van der Waals surface area contributed by atoms with Crippen LogP contribution >= 0.6 is 23.8 Å². The highest BCUT2D eigenvalue weighted by Gasteiger charge is 2.10. The van der Waals surface area contributed by atoms with Gasteiger partial charge in [-0.15, -0.1) is 0 Å². The van der Waals surface area contributed by atoms with Crippen molar-refractivity contribution in [2.75, 3.05) is 0 Å². The molecule has 0 saturated heterocycles. The molecule has 5 heteroatoms. The van der Waals surface area contributed by atoms with Crippen LogP contribution in [0.3, 0.4) is 0 Å². The molecule has 0 radical (unpaired) electrons. The lowest BCUT2D eigenvalue weighted by molar-refractivity contribution is 1.06. The lowest BCUT2D eigenvalue weighted by Gasteiger charge is -2.07. The molecular formula is C14H8ClN3S. The van der Waals surface area contributed by atoms with Crippen molar-refractivity contribution in [3.05, 3.63) is 57.8 Å². The monoisotopic (exact) mass is 285 g/mol. The molecule has 2 aromatic carbocycles. The summed E-state index contributed by atoms with van der Waals surface area (Å²) in [7, 11) is 0. The highest BCUT2D eigenvalue weighted by Crippen LogP contribution is 2.24. The molecule has 19 heavy (non-hydrogen) atoms. The van der Waals surface area contributed by atoms with E-state index in [0.717, 1.165) is 11.0 Å². The molecule has 0 atom stereocenters. The number of H-pyrrole nitrogens is 1. The Kier molecular flexibility index (Phi) is 2.86. The number of halogens is 1. The second-order valence-corrected chi connectivity index (χ2v) is 4.88. The number of hydrogen-bond donors (Lipinski definition) is 1. The third-order valence-electron chi connectivity index (χ3n) is 2.91. The van der Waals surface area contributed by atoms with Gasteiger partial charge >= 0.3 is 0 Å². The van der Waals surface area contributed by atoms with Crippen molar-refractivity contribution in [1.82, 2.24) is 9.55 Å². The number of nitrogens with zero attached hydrogens (tertiary/aromatic N) is 2. The van der Waals surface area contributed by atoms with E-state index in [9.17, 15) is 5.26 Å². The van der Waals surface area contributed by atoms with Gasteiger partial charge in [-0.2, -0.15) is 5.26 Å². The van der Waals surface area contributed by atoms with Crippen LogP contribution in [0.1, 0.15) is 5.56 Å². The number of hydrogen-bond acceptors (Lipinski definition) is 2. The van der Waals surface area contributed by atoms with E-state index in [0.29, 0.717) is 21.0 Å². The van der Waals surface area contributed by atoms with E-state index in [1.165, 1.54) is 0 Å². The van der Waals surface area contributed by atoms with Gasteiger partial charge in [0.2, 0.25) is 0 Å². The van der Waals surface area contributed by atoms with Gasteiger partial charge in [-0.3, -0.25) is 4.57 Å². The van der Waals surface area contributed by atoms with E-state index in [4.69, 9.17) is 23.8 Å². The van der Waals surface area contributed by atoms with Crippen molar-refractivity contribution in [2.45, 2.75) is 0 Å². The quantitative estimate of drug-likeness (QED) is 0.681. The van der Waals surface area contributed by atoms with E-state index in [1.54, 1.807) is 18.2 Å². The van der Waals surface area contributed by atoms with Gasteiger partial charge in [0, 0.05) is 5.02 Å². The van der Waals surface area contributed by atoms with Gasteiger partial charge in [-0.25, -0.2) is 0 Å². The second kappa shape index (κ2) is 4.54. The molecule has 0 spiro atoms. The fraction of sp³-hybridized carbons (Fsp3) is 0. The molecule has 0 amide bonds. The van der Waals surface area contributed by atoms with Gasteiger partial charge < -0.3 is 4.98 Å². The molecule has 1 aromatic heterocycles. The number of nitriles is 1. The first-order valence-electron chi connectivity index (χ1n) is 5.60. The zero-order valence-corrected chi connectivity index (χ0v) is 11.3. The minimum atomic E-state index is 0.533. The number of fused-ring (bicyclic) bond motifs is 1. The number of aromatic nitrogens is 2. The van der Waals surface area contributed by atoms with E-state index < -0.39 is 0 Å². The molecule has 0 unspecified atom stereocenters. The average Bonchev–Trinajstić information content (AvgIpc) is 2.74. The Morgan fingerprint density at radius 1 is 1.21 bits per heavy atom. The number of aromatic amines is 1. The molecule has 0 aliphatic carbocycles. The van der Waals surface area contributed by atoms with Crippen molar-refractivity contribution in [3.63, 3.8) is 0 Å². The fourth-order valence-corrected chi connectivity index (χ4v) is 2.55. The Balaban J connectivity index is 2.43. The summed E-state index contributed by atoms with van der Waals surface area (Å²) >= 11 is 11.4. The third-order valence-corrected chi connectivity index (χ3v) is 3.43. The summed E-state index contributed by atoms with van der Waals surface area (Å²) in [4.78, 5) is 3.12. The Bertz CT molecular complexity index is 870. The van der Waals surface area contributed by atoms with Crippen LogP contribution in [0.25, 0.3) is 16.7 Å². The maximum absolute atomic E-state index is 9.22. The Hall–Kier alpha value is -2.09. The first kappa shape index (κ1) is 12.0. The van der Waals surface area contributed by atoms with Crippen molar-refractivity contribution in [1.29, 1.82) is 5.26 Å². The van der Waals surface area contributed by atoms with Crippen LogP contribution in [0.5, 0.6) is 0 Å². The molecule has 0 aliphatic rings. The smallest absolute Gasteiger partial charge is 0.182 e. The van der Waals surface area contributed by atoms with Crippen LogP contribution in [0.4, 0.5) is 0 Å². The molecule has 1 heterocycles. The molecule has 3 aromatic rings. The van der Waals surface area contributed by atoms with Crippen LogP contribution in [0, 0.1) is 16.1 Å². The van der Waals surface area contributed by atoms with E-state index >= 15 is 0 Å². The van der Waals surface area contributed by atoms with Crippen molar-refractivity contribution >= 4 is 34.9 Å². The first-order chi connectivity index (χ1) is 9.20. The predicted octanol–water partition coefficient (Wildman–Crippen LogP) is 4.21. The predicted molar refractivity (Wildman–Crippen MR) is 78.2 cm³/mol. The molecule has 0 saturated carbocycles. The highest BCUT2D eigenvalue weighted by atomic mass is 35.5. The average molecular weight is 286 g/mol. The number of nitrogens with one attached hydrogen (secondary N) is 1. The number of para-hydroxylation sites is 2. The van der Waals surface area contributed by atoms with Crippen LogP contribution in [0.2, 0.25) is 5.02 Å². The topological polar surface area (TPSA) is 44.5 Å². The maximum atomic E-state index is 9.22. The maximum Gasteiger partial charge on any atom is 0.182 e. The van der Waals surface area contributed by atoms with Crippen LogP contribution in [-0.2, 0) is 0 Å². The highest BCUT2D eigenvalue weighted by molar-refractivity contribution is 7.71. The van der Waals surface area contributed by atoms with Gasteiger partial charge in [0.15, 0.2) is 4.77 Å². The van der Waals surface area contributed by atoms with Crippen LogP contribution < -0.4 is 0 Å². The normalized spacial score (nSPS) is 10.5. The number of rotatable bonds is 1. The minimum Gasteiger partial charge on any atom is -0.330 e. The molecule has 1 N–H and O–H groups in total. The van der Waals surface area contributed by atoms with Crippen LogP contribution in [0.15, 0.2) is 42.5 Å². The van der Waals surface area contributed by atoms with Gasteiger partial charge in [-0.1, -0.05) is 23.7 Å². The lowest BCUT2D eigenvalue weighted by Crippen LogP contribution is -1.97. The standard InChI is InChI=1S/C14H8ClN3S/c15-10-6-5-9(8-16)13(7-10)18-12-4-2-1-3-11(12)17-14(18)19/h1-7H,(H,17,19). The molecular weight excluding hydrogens is 278 g/mol. The Morgan fingerprint density at radius 2 is 2.00 bits per heavy atom. The van der Waals surface area contributed by atoms with Crippen LogP contribution in [-0.4, -0.2) is 9.55 Å².